The maximum atomic E-state index is 11.5. The van der Waals surface area contributed by atoms with Crippen LogP contribution in [0.15, 0.2) is 18.3 Å². The van der Waals surface area contributed by atoms with Gasteiger partial charge in [-0.3, -0.25) is 4.79 Å². The number of carbonyl (C=O) groups excluding carboxylic acids is 1. The molecule has 1 aromatic rings. The molecule has 0 fully saturated rings. The van der Waals surface area contributed by atoms with Crippen LogP contribution in [0.4, 0.5) is 11.5 Å². The molecule has 0 aliphatic rings. The summed E-state index contributed by atoms with van der Waals surface area (Å²) in [7, 11) is 0. The first kappa shape index (κ1) is 15.4. The molecule has 19 heavy (non-hydrogen) atoms. The summed E-state index contributed by atoms with van der Waals surface area (Å²) in [5, 5.41) is 15.1. The highest BCUT2D eigenvalue weighted by Gasteiger charge is 2.16. The predicted molar refractivity (Wildman–Crippen MR) is 77.2 cm³/mol. The summed E-state index contributed by atoms with van der Waals surface area (Å²) in [5.74, 6) is 0.686. The van der Waals surface area contributed by atoms with Gasteiger partial charge in [-0.25, -0.2) is 4.98 Å². The van der Waals surface area contributed by atoms with Crippen molar-refractivity contribution in [2.24, 2.45) is 0 Å². The zero-order valence-corrected chi connectivity index (χ0v) is 11.9. The highest BCUT2D eigenvalue weighted by Crippen LogP contribution is 2.15. The lowest BCUT2D eigenvalue weighted by atomic mass is 10.1. The molecule has 0 saturated heterocycles. The maximum absolute atomic E-state index is 11.5. The van der Waals surface area contributed by atoms with Crippen molar-refractivity contribution in [2.45, 2.75) is 45.6 Å². The van der Waals surface area contributed by atoms with E-state index >= 15 is 0 Å². The normalized spacial score (nSPS) is 11.2. The summed E-state index contributed by atoms with van der Waals surface area (Å²) in [6.07, 6.45) is 4.04. The second-order valence-corrected chi connectivity index (χ2v) is 5.25. The summed E-state index contributed by atoms with van der Waals surface area (Å²) in [5.41, 5.74) is 0.271. The van der Waals surface area contributed by atoms with Crippen LogP contribution in [0.25, 0.3) is 0 Å². The summed E-state index contributed by atoms with van der Waals surface area (Å²) in [4.78, 5) is 15.8. The number of nitrogens with one attached hydrogen (secondary N) is 2. The van der Waals surface area contributed by atoms with E-state index in [0.717, 1.165) is 12.8 Å². The van der Waals surface area contributed by atoms with E-state index in [-0.39, 0.29) is 12.5 Å². The van der Waals surface area contributed by atoms with Gasteiger partial charge in [0.15, 0.2) is 0 Å². The van der Waals surface area contributed by atoms with E-state index in [4.69, 9.17) is 5.11 Å². The number of nitrogens with zero attached hydrogens (tertiary/aromatic N) is 1. The van der Waals surface area contributed by atoms with Crippen molar-refractivity contribution < 1.29 is 9.90 Å². The number of unbranched alkanes of at least 4 members (excludes halogenated alkanes) is 1. The number of hydrogen-bond acceptors (Lipinski definition) is 4. The summed E-state index contributed by atoms with van der Waals surface area (Å²) in [6, 6.07) is 3.58. The lowest BCUT2D eigenvalue weighted by Crippen LogP contribution is -2.35. The van der Waals surface area contributed by atoms with Crippen LogP contribution in [0.1, 0.15) is 40.0 Å². The average Bonchev–Trinajstić information content (AvgIpc) is 2.38. The Kier molecular flexibility index (Phi) is 5.76. The molecule has 0 bridgehead atoms. The molecule has 0 spiro atoms. The fraction of sp³-hybridized carbons (Fsp3) is 0.571. The Hall–Kier alpha value is -1.62. The van der Waals surface area contributed by atoms with Crippen LogP contribution in [0.2, 0.25) is 0 Å². The minimum Gasteiger partial charge on any atom is -0.394 e. The number of aliphatic hydroxyl groups excluding tert-OH is 1. The monoisotopic (exact) mass is 265 g/mol. The van der Waals surface area contributed by atoms with Crippen molar-refractivity contribution in [3.63, 3.8) is 0 Å². The van der Waals surface area contributed by atoms with Gasteiger partial charge in [-0.15, -0.1) is 0 Å². The Labute approximate surface area is 114 Å². The lowest BCUT2D eigenvalue weighted by Gasteiger charge is -2.24. The average molecular weight is 265 g/mol. The number of aromatic nitrogens is 1. The van der Waals surface area contributed by atoms with Crippen molar-refractivity contribution in [3.8, 4) is 0 Å². The van der Waals surface area contributed by atoms with Gasteiger partial charge in [0.1, 0.15) is 5.82 Å². The zero-order chi connectivity index (χ0) is 14.3. The number of anilines is 2. The second kappa shape index (κ2) is 7.09. The minimum atomic E-state index is -0.418. The molecule has 0 aliphatic heterocycles. The molecule has 0 aliphatic carbocycles. The fourth-order valence-electron chi connectivity index (χ4n) is 1.49. The molecular formula is C14H23N3O2. The second-order valence-electron chi connectivity index (χ2n) is 5.25. The molecule has 1 heterocycles. The Bertz CT molecular complexity index is 402. The zero-order valence-electron chi connectivity index (χ0n) is 11.9. The number of rotatable bonds is 7. The number of hydrogen-bond donors (Lipinski definition) is 3. The van der Waals surface area contributed by atoms with Crippen LogP contribution in [0.5, 0.6) is 0 Å². The van der Waals surface area contributed by atoms with Crippen LogP contribution >= 0.6 is 0 Å². The molecule has 5 nitrogen and oxygen atoms in total. The third-order valence-corrected chi connectivity index (χ3v) is 2.67. The smallest absolute Gasteiger partial charge is 0.224 e. The van der Waals surface area contributed by atoms with Crippen molar-refractivity contribution in [1.29, 1.82) is 0 Å². The van der Waals surface area contributed by atoms with Crippen molar-refractivity contribution in [3.05, 3.63) is 18.3 Å². The standard InChI is InChI=1S/C14H23N3O2/c1-4-5-6-13(19)16-11-7-8-12(15-9-11)17-14(2,3)10-18/h7-9,18H,4-6,10H2,1-3H3,(H,15,17)(H,16,19). The van der Waals surface area contributed by atoms with Gasteiger partial charge in [0.25, 0.3) is 0 Å². The molecule has 1 amide bonds. The minimum absolute atomic E-state index is 0.0139. The molecule has 1 rings (SSSR count). The van der Waals surface area contributed by atoms with Gasteiger partial charge in [0, 0.05) is 6.42 Å². The Balaban J connectivity index is 2.54. The summed E-state index contributed by atoms with van der Waals surface area (Å²) in [6.45, 7) is 5.84. The number of amides is 1. The van der Waals surface area contributed by atoms with Gasteiger partial charge in [-0.1, -0.05) is 13.3 Å². The van der Waals surface area contributed by atoms with Crippen LogP contribution in [-0.4, -0.2) is 28.1 Å². The molecule has 0 saturated carbocycles. The Morgan fingerprint density at radius 1 is 1.42 bits per heavy atom. The molecule has 5 heteroatoms. The largest absolute Gasteiger partial charge is 0.394 e. The van der Waals surface area contributed by atoms with Crippen LogP contribution in [0, 0.1) is 0 Å². The van der Waals surface area contributed by atoms with Gasteiger partial charge < -0.3 is 15.7 Å². The van der Waals surface area contributed by atoms with Gasteiger partial charge in [-0.05, 0) is 32.4 Å². The van der Waals surface area contributed by atoms with E-state index in [0.29, 0.717) is 17.9 Å². The highest BCUT2D eigenvalue weighted by atomic mass is 16.3. The van der Waals surface area contributed by atoms with Gasteiger partial charge >= 0.3 is 0 Å². The number of pyridine rings is 1. The molecule has 3 N–H and O–H groups in total. The molecule has 0 unspecified atom stereocenters. The van der Waals surface area contributed by atoms with E-state index < -0.39 is 5.54 Å². The number of aliphatic hydroxyl groups is 1. The molecule has 0 aromatic carbocycles. The summed E-state index contributed by atoms with van der Waals surface area (Å²) < 4.78 is 0. The Morgan fingerprint density at radius 2 is 2.16 bits per heavy atom. The highest BCUT2D eigenvalue weighted by molar-refractivity contribution is 5.90. The molecule has 1 aromatic heterocycles. The van der Waals surface area contributed by atoms with E-state index in [9.17, 15) is 4.79 Å². The number of carbonyl (C=O) groups is 1. The van der Waals surface area contributed by atoms with Crippen molar-refractivity contribution in [2.75, 3.05) is 17.2 Å². The fourth-order valence-corrected chi connectivity index (χ4v) is 1.49. The van der Waals surface area contributed by atoms with Crippen LogP contribution < -0.4 is 10.6 Å². The molecule has 0 radical (unpaired) electrons. The van der Waals surface area contributed by atoms with Crippen LogP contribution in [0.3, 0.4) is 0 Å². The van der Waals surface area contributed by atoms with E-state index in [1.807, 2.05) is 13.8 Å². The van der Waals surface area contributed by atoms with Gasteiger partial charge in [0.05, 0.1) is 24.0 Å². The van der Waals surface area contributed by atoms with Crippen molar-refractivity contribution >= 4 is 17.4 Å². The van der Waals surface area contributed by atoms with Crippen molar-refractivity contribution in [1.82, 2.24) is 4.98 Å². The van der Waals surface area contributed by atoms with Gasteiger partial charge in [0.2, 0.25) is 5.91 Å². The van der Waals surface area contributed by atoms with E-state index in [2.05, 4.69) is 22.5 Å². The first-order valence-corrected chi connectivity index (χ1v) is 6.62. The maximum Gasteiger partial charge on any atom is 0.224 e. The third-order valence-electron chi connectivity index (χ3n) is 2.67. The van der Waals surface area contributed by atoms with Crippen LogP contribution in [-0.2, 0) is 4.79 Å². The third kappa shape index (κ3) is 5.70. The SMILES string of the molecule is CCCCC(=O)Nc1ccc(NC(C)(C)CO)nc1. The summed E-state index contributed by atoms with van der Waals surface area (Å²) >= 11 is 0. The molecule has 0 atom stereocenters. The first-order valence-electron chi connectivity index (χ1n) is 6.62. The quantitative estimate of drug-likeness (QED) is 0.707. The van der Waals surface area contributed by atoms with E-state index in [1.54, 1.807) is 18.3 Å². The Morgan fingerprint density at radius 3 is 2.68 bits per heavy atom. The topological polar surface area (TPSA) is 74.2 Å². The predicted octanol–water partition coefficient (Wildman–Crippen LogP) is 2.39. The van der Waals surface area contributed by atoms with Gasteiger partial charge in [-0.2, -0.15) is 0 Å². The molecular weight excluding hydrogens is 242 g/mol. The first-order chi connectivity index (χ1) is 8.96. The lowest BCUT2D eigenvalue weighted by molar-refractivity contribution is -0.116. The van der Waals surface area contributed by atoms with E-state index in [1.165, 1.54) is 0 Å². The molecule has 106 valence electrons.